The van der Waals surface area contributed by atoms with Gasteiger partial charge in [-0.1, -0.05) is 154 Å². The fourth-order valence-corrected chi connectivity index (χ4v) is 6.17. The Balaban J connectivity index is 2.34. The molecule has 0 radical (unpaired) electrons. The van der Waals surface area contributed by atoms with E-state index in [1.165, 1.54) is 133 Å². The maximum atomic E-state index is 12.7. The van der Waals surface area contributed by atoms with E-state index >= 15 is 0 Å². The zero-order valence-electron chi connectivity index (χ0n) is 33.9. The lowest BCUT2D eigenvalue weighted by Gasteiger charge is -2.18. The Labute approximate surface area is 326 Å². The molecule has 1 aromatic carbocycles. The van der Waals surface area contributed by atoms with Gasteiger partial charge in [-0.05, 0) is 50.7 Å². The lowest BCUT2D eigenvalue weighted by molar-refractivity contribution is -0.384. The van der Waals surface area contributed by atoms with Crippen molar-refractivity contribution < 1.29 is 38.3 Å². The van der Waals surface area contributed by atoms with Gasteiger partial charge in [0.25, 0.3) is 5.69 Å². The molecule has 0 spiro atoms. The summed E-state index contributed by atoms with van der Waals surface area (Å²) in [5, 5.41) is 10.9. The normalized spacial score (nSPS) is 11.7. The van der Waals surface area contributed by atoms with Crippen molar-refractivity contribution in [2.45, 2.75) is 200 Å². The molecule has 0 fully saturated rings. The number of non-ortho nitro benzene ring substituents is 1. The van der Waals surface area contributed by atoms with E-state index in [-0.39, 0.29) is 43.5 Å². The van der Waals surface area contributed by atoms with Gasteiger partial charge >= 0.3 is 18.1 Å². The van der Waals surface area contributed by atoms with Crippen LogP contribution in [-0.2, 0) is 23.8 Å². The van der Waals surface area contributed by atoms with E-state index in [1.54, 1.807) is 0 Å². The molecule has 0 saturated heterocycles. The number of hydrogen-bond acceptors (Lipinski definition) is 9. The van der Waals surface area contributed by atoms with E-state index in [4.69, 9.17) is 18.9 Å². The van der Waals surface area contributed by atoms with Gasteiger partial charge in [0.2, 0.25) is 0 Å². The van der Waals surface area contributed by atoms with Crippen molar-refractivity contribution in [2.75, 3.05) is 13.2 Å². The molecular weight excluding hydrogens is 686 g/mol. The van der Waals surface area contributed by atoms with Crippen LogP contribution in [0.15, 0.2) is 36.4 Å². The minimum absolute atomic E-state index is 0.0626. The molecule has 0 aliphatic rings. The van der Waals surface area contributed by atoms with E-state index in [0.717, 1.165) is 51.4 Å². The van der Waals surface area contributed by atoms with E-state index in [0.29, 0.717) is 6.42 Å². The second-order valence-corrected chi connectivity index (χ2v) is 14.5. The number of esters is 2. The lowest BCUT2D eigenvalue weighted by atomic mass is 10.0. The van der Waals surface area contributed by atoms with Crippen molar-refractivity contribution in [2.24, 2.45) is 0 Å². The van der Waals surface area contributed by atoms with Gasteiger partial charge in [-0.2, -0.15) is 0 Å². The molecule has 54 heavy (non-hydrogen) atoms. The first-order chi connectivity index (χ1) is 26.3. The van der Waals surface area contributed by atoms with Crippen molar-refractivity contribution >= 4 is 23.8 Å². The summed E-state index contributed by atoms with van der Waals surface area (Å²) in [7, 11) is 0. The molecule has 1 aromatic rings. The van der Waals surface area contributed by atoms with Gasteiger partial charge in [-0.25, -0.2) is 4.79 Å². The molecule has 0 aliphatic heterocycles. The zero-order valence-corrected chi connectivity index (χ0v) is 33.9. The average molecular weight is 760 g/mol. The fraction of sp³-hybridized carbons (Fsp3) is 0.750. The largest absolute Gasteiger partial charge is 0.513 e. The van der Waals surface area contributed by atoms with Crippen molar-refractivity contribution in [1.82, 2.24) is 0 Å². The molecule has 0 aromatic heterocycles. The van der Waals surface area contributed by atoms with Crippen LogP contribution in [0.4, 0.5) is 10.5 Å². The Hall–Kier alpha value is -3.43. The number of carbonyl (C=O) groups excluding carboxylic acids is 3. The number of rotatable bonds is 36. The maximum absolute atomic E-state index is 12.7. The first-order valence-corrected chi connectivity index (χ1v) is 21.4. The Morgan fingerprint density at radius 2 is 0.981 bits per heavy atom. The second kappa shape index (κ2) is 35.3. The predicted molar refractivity (Wildman–Crippen MR) is 216 cm³/mol. The van der Waals surface area contributed by atoms with Crippen LogP contribution in [-0.4, -0.2) is 42.3 Å². The molecule has 10 heteroatoms. The molecular formula is C44H73NO9. The van der Waals surface area contributed by atoms with Gasteiger partial charge in [-0.15, -0.1) is 0 Å². The highest BCUT2D eigenvalue weighted by Gasteiger charge is 2.20. The number of allylic oxidation sites excluding steroid dienone is 2. The predicted octanol–water partition coefficient (Wildman–Crippen LogP) is 13.1. The van der Waals surface area contributed by atoms with Crippen LogP contribution < -0.4 is 4.74 Å². The molecule has 0 aliphatic carbocycles. The summed E-state index contributed by atoms with van der Waals surface area (Å²) in [6.45, 7) is 3.88. The van der Waals surface area contributed by atoms with E-state index in [2.05, 4.69) is 26.0 Å². The zero-order chi connectivity index (χ0) is 39.3. The highest BCUT2D eigenvalue weighted by molar-refractivity contribution is 5.70. The van der Waals surface area contributed by atoms with Gasteiger partial charge < -0.3 is 18.9 Å². The van der Waals surface area contributed by atoms with Crippen molar-refractivity contribution in [3.8, 4) is 5.75 Å². The summed E-state index contributed by atoms with van der Waals surface area (Å²) in [6.07, 6.45) is 33.9. The first-order valence-electron chi connectivity index (χ1n) is 21.4. The summed E-state index contributed by atoms with van der Waals surface area (Å²) in [5.41, 5.74) is -0.144. The molecule has 10 nitrogen and oxygen atoms in total. The molecule has 0 bridgehead atoms. The van der Waals surface area contributed by atoms with Gasteiger partial charge in [0.15, 0.2) is 6.10 Å². The molecule has 0 N–H and O–H groups in total. The van der Waals surface area contributed by atoms with Crippen LogP contribution in [0.25, 0.3) is 0 Å². The SMILES string of the molecule is CCCCCCCC/C=C\CCCCCCCC(=O)OC(COC(=O)CCCCCCCCCCCCCCC)COC(=O)Oc1ccc([N+](=O)[O-])cc1. The van der Waals surface area contributed by atoms with Crippen LogP contribution in [0.5, 0.6) is 5.75 Å². The fourth-order valence-electron chi connectivity index (χ4n) is 6.17. The van der Waals surface area contributed by atoms with Crippen LogP contribution in [0, 0.1) is 10.1 Å². The van der Waals surface area contributed by atoms with Crippen molar-refractivity contribution in [3.63, 3.8) is 0 Å². The maximum Gasteiger partial charge on any atom is 0.513 e. The highest BCUT2D eigenvalue weighted by atomic mass is 16.7. The lowest BCUT2D eigenvalue weighted by Crippen LogP contribution is -2.31. The quantitative estimate of drug-likeness (QED) is 0.0125. The van der Waals surface area contributed by atoms with Crippen LogP contribution in [0.2, 0.25) is 0 Å². The van der Waals surface area contributed by atoms with E-state index in [1.807, 2.05) is 0 Å². The summed E-state index contributed by atoms with van der Waals surface area (Å²) < 4.78 is 21.2. The van der Waals surface area contributed by atoms with Crippen LogP contribution >= 0.6 is 0 Å². The number of nitro groups is 1. The average Bonchev–Trinajstić information content (AvgIpc) is 3.16. The summed E-state index contributed by atoms with van der Waals surface area (Å²) in [5.74, 6) is -0.769. The Morgan fingerprint density at radius 3 is 1.44 bits per heavy atom. The molecule has 308 valence electrons. The number of nitro benzene ring substituents is 1. The smallest absolute Gasteiger partial charge is 0.462 e. The number of hydrogen-bond donors (Lipinski definition) is 0. The number of nitrogens with zero attached hydrogens (tertiary/aromatic N) is 1. The van der Waals surface area contributed by atoms with Gasteiger partial charge in [0.1, 0.15) is 19.0 Å². The third-order valence-corrected chi connectivity index (χ3v) is 9.49. The molecule has 0 heterocycles. The van der Waals surface area contributed by atoms with Crippen LogP contribution in [0.3, 0.4) is 0 Å². The summed E-state index contributed by atoms with van der Waals surface area (Å²) in [4.78, 5) is 47.8. The third-order valence-electron chi connectivity index (χ3n) is 9.49. The molecule has 1 rings (SSSR count). The Kier molecular flexibility index (Phi) is 31.7. The van der Waals surface area contributed by atoms with Crippen molar-refractivity contribution in [3.05, 3.63) is 46.5 Å². The van der Waals surface area contributed by atoms with E-state index < -0.39 is 23.2 Å². The van der Waals surface area contributed by atoms with Gasteiger partial charge in [-0.3, -0.25) is 19.7 Å². The van der Waals surface area contributed by atoms with Gasteiger partial charge in [0.05, 0.1) is 4.92 Å². The topological polar surface area (TPSA) is 131 Å². The number of benzene rings is 1. The number of carbonyl (C=O) groups is 3. The molecule has 1 unspecified atom stereocenters. The minimum atomic E-state index is -1.07. The Morgan fingerprint density at radius 1 is 0.574 bits per heavy atom. The van der Waals surface area contributed by atoms with Crippen molar-refractivity contribution in [1.29, 1.82) is 0 Å². The number of ether oxygens (including phenoxy) is 4. The highest BCUT2D eigenvalue weighted by Crippen LogP contribution is 2.18. The van der Waals surface area contributed by atoms with E-state index in [9.17, 15) is 24.5 Å². The summed E-state index contributed by atoms with van der Waals surface area (Å²) in [6, 6.07) is 4.98. The standard InChI is InChI=1S/C44H73NO9/c1-3-5-7-9-11-13-15-17-18-20-22-24-26-28-30-32-43(47)53-41(38-52-44(48)54-40-35-33-39(34-36-40)45(49)50)37-51-42(46)31-29-27-25-23-21-19-16-14-12-10-8-6-4-2/h17-18,33-36,41H,3-16,19-32,37-38H2,1-2H3/b18-17-. The van der Waals surface area contributed by atoms with Crippen LogP contribution in [0.1, 0.15) is 194 Å². The third kappa shape index (κ3) is 30.0. The second-order valence-electron chi connectivity index (χ2n) is 14.5. The molecule has 0 amide bonds. The summed E-state index contributed by atoms with van der Waals surface area (Å²) >= 11 is 0. The van der Waals surface area contributed by atoms with Gasteiger partial charge in [0, 0.05) is 25.0 Å². The minimum Gasteiger partial charge on any atom is -0.462 e. The molecule has 0 saturated carbocycles. The monoisotopic (exact) mass is 760 g/mol. The Bertz CT molecular complexity index is 1120. The molecule has 1 atom stereocenters. The first kappa shape index (κ1) is 48.6. The number of unbranched alkanes of at least 4 members (excludes halogenated alkanes) is 23.